The minimum atomic E-state index is -3.59. The van der Waals surface area contributed by atoms with E-state index in [1.165, 1.54) is 16.3 Å². The molecule has 0 saturated carbocycles. The van der Waals surface area contributed by atoms with Gasteiger partial charge >= 0.3 is 0 Å². The highest BCUT2D eigenvalue weighted by atomic mass is 32.2. The number of nitrogens with zero attached hydrogens (tertiary/aromatic N) is 2. The molecule has 2 aromatic carbocycles. The first-order valence-electron chi connectivity index (χ1n) is 10.9. The molecule has 0 aromatic heterocycles. The second-order valence-corrected chi connectivity index (χ2v) is 9.54. The van der Waals surface area contributed by atoms with Crippen LogP contribution in [0.1, 0.15) is 32.3 Å². The van der Waals surface area contributed by atoms with E-state index >= 15 is 0 Å². The fourth-order valence-corrected chi connectivity index (χ4v) is 4.46. The van der Waals surface area contributed by atoms with E-state index in [-0.39, 0.29) is 37.7 Å². The maximum atomic E-state index is 13.1. The number of benzene rings is 2. The van der Waals surface area contributed by atoms with Gasteiger partial charge in [-0.05, 0) is 38.0 Å². The van der Waals surface area contributed by atoms with Crippen LogP contribution < -0.4 is 14.4 Å². The molecule has 0 saturated heterocycles. The number of sulfonamides is 1. The lowest BCUT2D eigenvalue weighted by Gasteiger charge is -2.29. The summed E-state index contributed by atoms with van der Waals surface area (Å²) in [4.78, 5) is 26.9. The van der Waals surface area contributed by atoms with Crippen molar-refractivity contribution in [3.8, 4) is 5.75 Å². The average molecular weight is 476 g/mol. The van der Waals surface area contributed by atoms with E-state index in [9.17, 15) is 18.0 Å². The Kier molecular flexibility index (Phi) is 9.72. The first-order valence-corrected chi connectivity index (χ1v) is 12.8. The number of carbonyl (C=O) groups is 2. The molecule has 0 bridgehead atoms. The molecule has 2 amide bonds. The molecule has 9 heteroatoms. The van der Waals surface area contributed by atoms with Crippen LogP contribution in [0.3, 0.4) is 0 Å². The molecule has 0 radical (unpaired) electrons. The highest BCUT2D eigenvalue weighted by molar-refractivity contribution is 7.92. The van der Waals surface area contributed by atoms with Gasteiger partial charge in [0.1, 0.15) is 11.8 Å². The summed E-state index contributed by atoms with van der Waals surface area (Å²) in [6, 6.07) is 15.7. The summed E-state index contributed by atoms with van der Waals surface area (Å²) in [6.45, 7) is 4.31. The Balaban J connectivity index is 2.16. The Hall–Kier alpha value is -3.07. The molecule has 2 aromatic rings. The number of ether oxygens (including phenoxy) is 1. The van der Waals surface area contributed by atoms with Gasteiger partial charge in [-0.25, -0.2) is 8.42 Å². The van der Waals surface area contributed by atoms with E-state index in [2.05, 4.69) is 5.32 Å². The Morgan fingerprint density at radius 3 is 2.30 bits per heavy atom. The Labute approximate surface area is 196 Å². The second kappa shape index (κ2) is 12.2. The molecular weight excluding hydrogens is 442 g/mol. The van der Waals surface area contributed by atoms with Crippen molar-refractivity contribution in [3.05, 3.63) is 60.2 Å². The van der Waals surface area contributed by atoms with Crippen molar-refractivity contribution in [1.29, 1.82) is 0 Å². The predicted molar refractivity (Wildman–Crippen MR) is 130 cm³/mol. The zero-order valence-electron chi connectivity index (χ0n) is 19.7. The number of likely N-dealkylation sites (N-methyl/N-ethyl adjacent to an activating group) is 1. The standard InChI is InChI=1S/C24H33N3O5S/c1-5-32-22-15-10-9-14-21(22)27(33(4,30)31)17-11-16-23(28)26(19(2)24(29)25-3)18-20-12-7-6-8-13-20/h6-10,12-15,19H,5,11,16-18H2,1-4H3,(H,25,29). The van der Waals surface area contributed by atoms with Gasteiger partial charge in [-0.1, -0.05) is 42.5 Å². The Bertz CT molecular complexity index is 1030. The largest absolute Gasteiger partial charge is 0.492 e. The van der Waals surface area contributed by atoms with Crippen LogP contribution in [0.5, 0.6) is 5.75 Å². The number of hydrogen-bond acceptors (Lipinski definition) is 5. The molecule has 0 fully saturated rings. The molecule has 0 heterocycles. The normalized spacial score (nSPS) is 12.0. The maximum Gasteiger partial charge on any atom is 0.242 e. The lowest BCUT2D eigenvalue weighted by molar-refractivity contribution is -0.140. The smallest absolute Gasteiger partial charge is 0.242 e. The highest BCUT2D eigenvalue weighted by Gasteiger charge is 2.26. The van der Waals surface area contributed by atoms with E-state index in [4.69, 9.17) is 4.74 Å². The highest BCUT2D eigenvalue weighted by Crippen LogP contribution is 2.30. The molecule has 8 nitrogen and oxygen atoms in total. The fourth-order valence-electron chi connectivity index (χ4n) is 3.49. The number of para-hydroxylation sites is 2. The summed E-state index contributed by atoms with van der Waals surface area (Å²) >= 11 is 0. The number of anilines is 1. The van der Waals surface area contributed by atoms with Gasteiger partial charge in [0.05, 0.1) is 18.6 Å². The third-order valence-electron chi connectivity index (χ3n) is 5.20. The van der Waals surface area contributed by atoms with Crippen LogP contribution in [0.4, 0.5) is 5.69 Å². The topological polar surface area (TPSA) is 96.0 Å². The van der Waals surface area contributed by atoms with Gasteiger partial charge in [-0.3, -0.25) is 13.9 Å². The van der Waals surface area contributed by atoms with Crippen molar-refractivity contribution in [3.63, 3.8) is 0 Å². The first kappa shape index (κ1) is 26.2. The quantitative estimate of drug-likeness (QED) is 0.509. The maximum absolute atomic E-state index is 13.1. The minimum Gasteiger partial charge on any atom is -0.492 e. The number of amides is 2. The molecule has 0 aliphatic heterocycles. The van der Waals surface area contributed by atoms with Crippen LogP contribution >= 0.6 is 0 Å². The number of carbonyl (C=O) groups excluding carboxylic acids is 2. The van der Waals surface area contributed by atoms with Crippen LogP contribution in [0.2, 0.25) is 0 Å². The summed E-state index contributed by atoms with van der Waals surface area (Å²) in [7, 11) is -2.06. The minimum absolute atomic E-state index is 0.0942. The first-order chi connectivity index (χ1) is 15.7. The predicted octanol–water partition coefficient (Wildman–Crippen LogP) is 2.79. The molecule has 0 spiro atoms. The Morgan fingerprint density at radius 2 is 1.70 bits per heavy atom. The number of rotatable bonds is 12. The summed E-state index contributed by atoms with van der Waals surface area (Å²) in [5, 5.41) is 2.59. The van der Waals surface area contributed by atoms with E-state index in [0.717, 1.165) is 11.8 Å². The van der Waals surface area contributed by atoms with E-state index in [0.29, 0.717) is 18.0 Å². The SMILES string of the molecule is CCOc1ccccc1N(CCCC(=O)N(Cc1ccccc1)C(C)C(=O)NC)S(C)(=O)=O. The van der Waals surface area contributed by atoms with Gasteiger partial charge in [-0.15, -0.1) is 0 Å². The van der Waals surface area contributed by atoms with Crippen LogP contribution in [-0.2, 0) is 26.2 Å². The zero-order valence-corrected chi connectivity index (χ0v) is 20.5. The van der Waals surface area contributed by atoms with Crippen molar-refractivity contribution in [2.45, 2.75) is 39.3 Å². The van der Waals surface area contributed by atoms with E-state index in [1.807, 2.05) is 37.3 Å². The summed E-state index contributed by atoms with van der Waals surface area (Å²) < 4.78 is 31.8. The van der Waals surface area contributed by atoms with Gasteiger partial charge in [0, 0.05) is 26.6 Å². The fraction of sp³-hybridized carbons (Fsp3) is 0.417. The second-order valence-electron chi connectivity index (χ2n) is 7.64. The van der Waals surface area contributed by atoms with Crippen LogP contribution in [-0.4, -0.2) is 57.6 Å². The molecule has 1 atom stereocenters. The molecule has 180 valence electrons. The zero-order chi connectivity index (χ0) is 24.4. The van der Waals surface area contributed by atoms with Gasteiger partial charge in [0.2, 0.25) is 21.8 Å². The lowest BCUT2D eigenvalue weighted by atomic mass is 10.1. The van der Waals surface area contributed by atoms with Gasteiger partial charge in [-0.2, -0.15) is 0 Å². The average Bonchev–Trinajstić information content (AvgIpc) is 2.80. The monoisotopic (exact) mass is 475 g/mol. The van der Waals surface area contributed by atoms with E-state index < -0.39 is 16.1 Å². The van der Waals surface area contributed by atoms with Gasteiger partial charge in [0.25, 0.3) is 0 Å². The van der Waals surface area contributed by atoms with Gasteiger partial charge in [0.15, 0.2) is 0 Å². The van der Waals surface area contributed by atoms with Crippen molar-refractivity contribution < 1.29 is 22.7 Å². The summed E-state index contributed by atoms with van der Waals surface area (Å²) in [6.07, 6.45) is 1.52. The van der Waals surface area contributed by atoms with E-state index in [1.54, 1.807) is 31.2 Å². The third-order valence-corrected chi connectivity index (χ3v) is 6.38. The third kappa shape index (κ3) is 7.49. The van der Waals surface area contributed by atoms with Crippen LogP contribution in [0.25, 0.3) is 0 Å². The van der Waals surface area contributed by atoms with Crippen molar-refractivity contribution >= 4 is 27.5 Å². The lowest BCUT2D eigenvalue weighted by Crippen LogP contribution is -2.46. The molecule has 0 aliphatic rings. The number of hydrogen-bond donors (Lipinski definition) is 1. The molecule has 0 aliphatic carbocycles. The molecule has 1 N–H and O–H groups in total. The molecule has 33 heavy (non-hydrogen) atoms. The van der Waals surface area contributed by atoms with Crippen molar-refractivity contribution in [2.75, 3.05) is 30.8 Å². The van der Waals surface area contributed by atoms with Crippen molar-refractivity contribution in [1.82, 2.24) is 10.2 Å². The van der Waals surface area contributed by atoms with Crippen molar-refractivity contribution in [2.24, 2.45) is 0 Å². The van der Waals surface area contributed by atoms with Crippen LogP contribution in [0.15, 0.2) is 54.6 Å². The van der Waals surface area contributed by atoms with Gasteiger partial charge < -0.3 is 15.0 Å². The molecular formula is C24H33N3O5S. The summed E-state index contributed by atoms with van der Waals surface area (Å²) in [5.74, 6) is -0.0140. The summed E-state index contributed by atoms with van der Waals surface area (Å²) in [5.41, 5.74) is 1.35. The molecule has 2 rings (SSSR count). The molecule has 1 unspecified atom stereocenters. The Morgan fingerprint density at radius 1 is 1.06 bits per heavy atom. The van der Waals surface area contributed by atoms with Crippen LogP contribution in [0, 0.1) is 0 Å². The number of nitrogens with one attached hydrogen (secondary N) is 1.